The van der Waals surface area contributed by atoms with Crippen LogP contribution in [0.1, 0.15) is 27.2 Å². The van der Waals surface area contributed by atoms with Crippen LogP contribution in [0.5, 0.6) is 0 Å². The maximum atomic E-state index is 13.0. The van der Waals surface area contributed by atoms with Gasteiger partial charge in [0.2, 0.25) is 10.0 Å². The quantitative estimate of drug-likeness (QED) is 0.713. The second-order valence-electron chi connectivity index (χ2n) is 7.56. The number of halogens is 1. The third-order valence-corrected chi connectivity index (χ3v) is 7.87. The molecule has 2 aromatic rings. The van der Waals surface area contributed by atoms with Gasteiger partial charge < -0.3 is 4.90 Å². The van der Waals surface area contributed by atoms with Gasteiger partial charge in [-0.1, -0.05) is 11.6 Å². The summed E-state index contributed by atoms with van der Waals surface area (Å²) in [6, 6.07) is 9.37. The van der Waals surface area contributed by atoms with Crippen molar-refractivity contribution in [3.63, 3.8) is 0 Å². The number of nitrogens with zero attached hydrogens (tertiary/aromatic N) is 3. The minimum atomic E-state index is -3.30. The number of hydrogen-bond acceptors (Lipinski definition) is 5. The van der Waals surface area contributed by atoms with Crippen molar-refractivity contribution in [2.45, 2.75) is 19.4 Å². The van der Waals surface area contributed by atoms with Gasteiger partial charge in [-0.3, -0.25) is 14.0 Å². The number of benzene rings is 1. The van der Waals surface area contributed by atoms with Gasteiger partial charge in [0.1, 0.15) is 0 Å². The van der Waals surface area contributed by atoms with E-state index >= 15 is 0 Å². The summed E-state index contributed by atoms with van der Waals surface area (Å²) in [5.74, 6) is 0.0168. The highest BCUT2D eigenvalue weighted by molar-refractivity contribution is 7.92. The van der Waals surface area contributed by atoms with E-state index in [9.17, 15) is 13.2 Å². The summed E-state index contributed by atoms with van der Waals surface area (Å²) in [5, 5.41) is 0. The minimum absolute atomic E-state index is 0.0168. The fraction of sp³-hybridized carbons (Fsp3) is 0.450. The Morgan fingerprint density at radius 3 is 2.52 bits per heavy atom. The predicted molar refractivity (Wildman–Crippen MR) is 117 cm³/mol. The number of sulfonamides is 1. The molecule has 0 radical (unpaired) electrons. The third-order valence-electron chi connectivity index (χ3n) is 5.47. The van der Waals surface area contributed by atoms with Gasteiger partial charge in [-0.2, -0.15) is 0 Å². The molecule has 2 aliphatic rings. The predicted octanol–water partition coefficient (Wildman–Crippen LogP) is 3.07. The summed E-state index contributed by atoms with van der Waals surface area (Å²) < 4.78 is 26.3. The summed E-state index contributed by atoms with van der Waals surface area (Å²) in [5.41, 5.74) is 2.27. The van der Waals surface area contributed by atoms with E-state index < -0.39 is 10.0 Å². The number of carbonyl (C=O) groups excluding carboxylic acids is 1. The zero-order valence-electron chi connectivity index (χ0n) is 16.3. The largest absolute Gasteiger partial charge is 0.336 e. The Morgan fingerprint density at radius 1 is 1.10 bits per heavy atom. The molecule has 0 saturated carbocycles. The number of amides is 1. The highest BCUT2D eigenvalue weighted by Gasteiger charge is 2.27. The van der Waals surface area contributed by atoms with Crippen LogP contribution in [0, 0.1) is 0 Å². The maximum Gasteiger partial charge on any atom is 0.253 e. The van der Waals surface area contributed by atoms with Crippen LogP contribution in [0.25, 0.3) is 0 Å². The molecule has 3 heterocycles. The van der Waals surface area contributed by atoms with Crippen LogP contribution >= 0.6 is 22.9 Å². The lowest BCUT2D eigenvalue weighted by Gasteiger charge is -2.35. The fourth-order valence-electron chi connectivity index (χ4n) is 3.99. The molecule has 0 bridgehead atoms. The number of hydrogen-bond donors (Lipinski definition) is 0. The van der Waals surface area contributed by atoms with E-state index in [4.69, 9.17) is 11.6 Å². The molecule has 0 unspecified atom stereocenters. The van der Waals surface area contributed by atoms with Gasteiger partial charge >= 0.3 is 0 Å². The van der Waals surface area contributed by atoms with Gasteiger partial charge in [0.25, 0.3) is 5.91 Å². The Kier molecular flexibility index (Phi) is 5.88. The first-order valence-corrected chi connectivity index (χ1v) is 12.7. The molecule has 2 aliphatic heterocycles. The molecule has 1 saturated heterocycles. The molecule has 0 N–H and O–H groups in total. The zero-order chi connectivity index (χ0) is 20.6. The molecule has 0 aliphatic carbocycles. The number of aryl methyl sites for hydroxylation is 1. The second kappa shape index (κ2) is 8.26. The van der Waals surface area contributed by atoms with E-state index in [0.29, 0.717) is 30.9 Å². The lowest BCUT2D eigenvalue weighted by atomic mass is 10.00. The van der Waals surface area contributed by atoms with Gasteiger partial charge in [0.05, 0.1) is 16.3 Å². The van der Waals surface area contributed by atoms with E-state index in [2.05, 4.69) is 11.0 Å². The summed E-state index contributed by atoms with van der Waals surface area (Å²) in [6.45, 7) is 4.38. The summed E-state index contributed by atoms with van der Waals surface area (Å²) in [4.78, 5) is 18.5. The third kappa shape index (κ3) is 4.60. The summed E-state index contributed by atoms with van der Waals surface area (Å²) >= 11 is 7.60. The zero-order valence-corrected chi connectivity index (χ0v) is 18.7. The van der Waals surface area contributed by atoms with Crippen LogP contribution in [0.15, 0.2) is 30.3 Å². The SMILES string of the molecule is CS(=O)(=O)N1CCCc2cc(C(=O)N3CCN(Cc4ccc(Cl)s4)CC3)ccc21. The molecular formula is C20H24ClN3O3S2. The van der Waals surface area contributed by atoms with Crippen molar-refractivity contribution in [2.75, 3.05) is 43.3 Å². The standard InChI is InChI=1S/C20H24ClN3O3S2/c1-29(26,27)24-8-2-3-15-13-16(4-6-18(15)24)20(25)23-11-9-22(10-12-23)14-17-5-7-19(21)28-17/h4-7,13H,2-3,8-12,14H2,1H3. The van der Waals surface area contributed by atoms with Crippen LogP contribution in [0.2, 0.25) is 4.34 Å². The first kappa shape index (κ1) is 20.7. The molecule has 4 rings (SSSR count). The van der Waals surface area contributed by atoms with Gasteiger partial charge in [-0.15, -0.1) is 11.3 Å². The van der Waals surface area contributed by atoms with Crippen LogP contribution in [0.3, 0.4) is 0 Å². The van der Waals surface area contributed by atoms with E-state index in [1.165, 1.54) is 15.4 Å². The van der Waals surface area contributed by atoms with Crippen molar-refractivity contribution in [1.82, 2.24) is 9.80 Å². The first-order valence-electron chi connectivity index (χ1n) is 9.68. The van der Waals surface area contributed by atoms with Crippen molar-refractivity contribution in [3.05, 3.63) is 50.7 Å². The van der Waals surface area contributed by atoms with Crippen molar-refractivity contribution in [3.8, 4) is 0 Å². The van der Waals surface area contributed by atoms with Crippen molar-refractivity contribution in [1.29, 1.82) is 0 Å². The van der Waals surface area contributed by atoms with E-state index in [-0.39, 0.29) is 5.91 Å². The summed E-state index contributed by atoms with van der Waals surface area (Å²) in [6.07, 6.45) is 2.79. The number of fused-ring (bicyclic) bond motifs is 1. The molecule has 9 heteroatoms. The molecule has 1 aromatic heterocycles. The number of thiophene rings is 1. The van der Waals surface area contributed by atoms with Crippen molar-refractivity contribution < 1.29 is 13.2 Å². The van der Waals surface area contributed by atoms with Crippen LogP contribution in [0.4, 0.5) is 5.69 Å². The van der Waals surface area contributed by atoms with E-state index in [1.807, 2.05) is 17.0 Å². The molecule has 0 atom stereocenters. The number of carbonyl (C=O) groups is 1. The second-order valence-corrected chi connectivity index (χ2v) is 11.3. The Labute approximate surface area is 180 Å². The minimum Gasteiger partial charge on any atom is -0.336 e. The molecule has 1 aromatic carbocycles. The molecule has 1 amide bonds. The highest BCUT2D eigenvalue weighted by Crippen LogP contribution is 2.30. The monoisotopic (exact) mass is 453 g/mol. The normalized spacial score (nSPS) is 18.0. The molecule has 6 nitrogen and oxygen atoms in total. The Balaban J connectivity index is 1.41. The van der Waals surface area contributed by atoms with Crippen LogP contribution < -0.4 is 4.31 Å². The smallest absolute Gasteiger partial charge is 0.253 e. The lowest BCUT2D eigenvalue weighted by molar-refractivity contribution is 0.0629. The maximum absolute atomic E-state index is 13.0. The van der Waals surface area contributed by atoms with Gasteiger partial charge in [0, 0.05) is 49.7 Å². The Morgan fingerprint density at radius 2 is 1.86 bits per heavy atom. The van der Waals surface area contributed by atoms with Gasteiger partial charge in [0.15, 0.2) is 0 Å². The molecule has 1 fully saturated rings. The Hall–Kier alpha value is -1.61. The average Bonchev–Trinajstić information content (AvgIpc) is 3.11. The molecular weight excluding hydrogens is 430 g/mol. The molecule has 29 heavy (non-hydrogen) atoms. The van der Waals surface area contributed by atoms with E-state index in [0.717, 1.165) is 42.4 Å². The van der Waals surface area contributed by atoms with Gasteiger partial charge in [-0.05, 0) is 48.7 Å². The first-order chi connectivity index (χ1) is 13.8. The number of piperazine rings is 1. The Bertz CT molecular complexity index is 1010. The summed E-state index contributed by atoms with van der Waals surface area (Å²) in [7, 11) is -3.30. The van der Waals surface area contributed by atoms with Gasteiger partial charge in [-0.25, -0.2) is 8.42 Å². The van der Waals surface area contributed by atoms with Crippen LogP contribution in [-0.2, 0) is 23.0 Å². The molecule has 156 valence electrons. The molecule has 0 spiro atoms. The fourth-order valence-corrected chi connectivity index (χ4v) is 6.12. The topological polar surface area (TPSA) is 60.9 Å². The van der Waals surface area contributed by atoms with Crippen molar-refractivity contribution in [2.24, 2.45) is 0 Å². The van der Waals surface area contributed by atoms with E-state index in [1.54, 1.807) is 23.5 Å². The highest BCUT2D eigenvalue weighted by atomic mass is 35.5. The number of rotatable bonds is 4. The lowest BCUT2D eigenvalue weighted by Crippen LogP contribution is -2.48. The van der Waals surface area contributed by atoms with Crippen LogP contribution in [-0.4, -0.2) is 63.1 Å². The van der Waals surface area contributed by atoms with Crippen molar-refractivity contribution >= 4 is 44.6 Å². The average molecular weight is 454 g/mol. The number of anilines is 1.